The van der Waals surface area contributed by atoms with E-state index in [0.717, 1.165) is 42.9 Å². The molecule has 4 nitrogen and oxygen atoms in total. The van der Waals surface area contributed by atoms with Crippen LogP contribution < -0.4 is 9.80 Å². The van der Waals surface area contributed by atoms with Gasteiger partial charge in [-0.3, -0.25) is 9.98 Å². The van der Waals surface area contributed by atoms with Crippen molar-refractivity contribution < 1.29 is 0 Å². The van der Waals surface area contributed by atoms with Gasteiger partial charge in [-0.05, 0) is 96.1 Å². The highest BCUT2D eigenvalue weighted by Crippen LogP contribution is 2.22. The highest BCUT2D eigenvalue weighted by molar-refractivity contribution is 9.10. The third-order valence-electron chi connectivity index (χ3n) is 6.32. The van der Waals surface area contributed by atoms with Crippen LogP contribution in [0.2, 0.25) is 0 Å². The summed E-state index contributed by atoms with van der Waals surface area (Å²) in [6, 6.07) is 33.1. The fraction of sp³-hybridized carbons (Fsp3) is 0.143. The summed E-state index contributed by atoms with van der Waals surface area (Å²) in [4.78, 5) is 14.2. The molecule has 0 heterocycles. The molecule has 0 spiro atoms. The second kappa shape index (κ2) is 14.8. The molecule has 6 heteroatoms. The summed E-state index contributed by atoms with van der Waals surface area (Å²) < 4.78 is 2.05. The average Bonchev–Trinajstić information content (AvgIpc) is 2.97. The second-order valence-electron chi connectivity index (χ2n) is 9.97. The van der Waals surface area contributed by atoms with Crippen LogP contribution in [0.1, 0.15) is 17.5 Å². The number of anilines is 2. The van der Waals surface area contributed by atoms with Gasteiger partial charge in [0.2, 0.25) is 0 Å². The predicted octanol–water partition coefficient (Wildman–Crippen LogP) is 10.0. The predicted molar refractivity (Wildman–Crippen MR) is 187 cm³/mol. The lowest BCUT2D eigenvalue weighted by molar-refractivity contribution is 1.13. The van der Waals surface area contributed by atoms with Gasteiger partial charge >= 0.3 is 0 Å². The first-order valence-electron chi connectivity index (χ1n) is 13.3. The van der Waals surface area contributed by atoms with Crippen LogP contribution >= 0.6 is 31.9 Å². The third kappa shape index (κ3) is 9.69. The molecule has 0 saturated heterocycles. The molecule has 0 aromatic heterocycles. The fourth-order valence-corrected chi connectivity index (χ4v) is 4.50. The van der Waals surface area contributed by atoms with Crippen LogP contribution in [0.15, 0.2) is 128 Å². The second-order valence-corrected chi connectivity index (χ2v) is 11.8. The van der Waals surface area contributed by atoms with Crippen LogP contribution in [-0.4, -0.2) is 39.6 Å². The van der Waals surface area contributed by atoms with Crippen LogP contribution in [0.4, 0.5) is 22.7 Å². The van der Waals surface area contributed by atoms with Gasteiger partial charge in [-0.2, -0.15) is 0 Å². The van der Waals surface area contributed by atoms with E-state index < -0.39 is 0 Å². The topological polar surface area (TPSA) is 31.2 Å². The summed E-state index contributed by atoms with van der Waals surface area (Å²) in [5.41, 5.74) is 8.16. The van der Waals surface area contributed by atoms with E-state index in [1.807, 2.05) is 76.7 Å². The fourth-order valence-electron chi connectivity index (χ4n) is 3.97. The van der Waals surface area contributed by atoms with Crippen molar-refractivity contribution in [1.82, 2.24) is 0 Å². The van der Waals surface area contributed by atoms with E-state index >= 15 is 0 Å². The molecule has 4 rings (SSSR count). The molecule has 0 amide bonds. The smallest absolute Gasteiger partial charge is 0.0633 e. The van der Waals surface area contributed by atoms with E-state index in [1.165, 1.54) is 11.4 Å². The Balaban J connectivity index is 1.69. The zero-order valence-corrected chi connectivity index (χ0v) is 27.0. The van der Waals surface area contributed by atoms with Gasteiger partial charge in [0, 0.05) is 66.4 Å². The molecule has 0 atom stereocenters. The third-order valence-corrected chi connectivity index (χ3v) is 7.37. The van der Waals surface area contributed by atoms with Crippen molar-refractivity contribution >= 4 is 78.2 Å². The summed E-state index contributed by atoms with van der Waals surface area (Å²) in [7, 11) is 8.18. The van der Waals surface area contributed by atoms with Crippen molar-refractivity contribution in [3.8, 4) is 0 Å². The van der Waals surface area contributed by atoms with Crippen molar-refractivity contribution in [1.29, 1.82) is 0 Å². The molecule has 0 saturated carbocycles. The van der Waals surface area contributed by atoms with E-state index in [1.54, 1.807) is 0 Å². The summed E-state index contributed by atoms with van der Waals surface area (Å²) in [6.45, 7) is 0. The molecular formula is C35H34Br2N4. The van der Waals surface area contributed by atoms with Gasteiger partial charge in [-0.1, -0.05) is 68.3 Å². The Kier molecular flexibility index (Phi) is 10.9. The quantitative estimate of drug-likeness (QED) is 0.157. The largest absolute Gasteiger partial charge is 0.378 e. The maximum absolute atomic E-state index is 5.02. The van der Waals surface area contributed by atoms with Gasteiger partial charge in [0.05, 0.1) is 11.4 Å². The van der Waals surface area contributed by atoms with Crippen molar-refractivity contribution in [3.63, 3.8) is 0 Å². The number of hydrogen-bond donors (Lipinski definition) is 0. The molecule has 208 valence electrons. The minimum Gasteiger partial charge on any atom is -0.378 e. The van der Waals surface area contributed by atoms with Gasteiger partial charge < -0.3 is 9.80 Å². The molecule has 0 N–H and O–H groups in total. The number of hydrogen-bond acceptors (Lipinski definition) is 4. The normalized spacial score (nSPS) is 12.3. The lowest BCUT2D eigenvalue weighted by atomic mass is 10.1. The Morgan fingerprint density at radius 2 is 0.878 bits per heavy atom. The van der Waals surface area contributed by atoms with E-state index in [0.29, 0.717) is 6.42 Å². The summed E-state index contributed by atoms with van der Waals surface area (Å²) >= 11 is 7.05. The number of halogens is 2. The first-order valence-corrected chi connectivity index (χ1v) is 14.9. The van der Waals surface area contributed by atoms with Gasteiger partial charge in [0.25, 0.3) is 0 Å². The zero-order chi connectivity index (χ0) is 29.2. The minimum absolute atomic E-state index is 0.560. The van der Waals surface area contributed by atoms with E-state index in [2.05, 4.69) is 114 Å². The molecule has 0 fully saturated rings. The van der Waals surface area contributed by atoms with Crippen LogP contribution in [0, 0.1) is 0 Å². The molecule has 0 aliphatic rings. The summed E-state index contributed by atoms with van der Waals surface area (Å²) in [5.74, 6) is 0. The first kappa shape index (κ1) is 30.2. The molecular weight excluding hydrogens is 636 g/mol. The Hall–Kier alpha value is -3.74. The number of benzene rings is 4. The lowest BCUT2D eigenvalue weighted by Gasteiger charge is -2.12. The summed E-state index contributed by atoms with van der Waals surface area (Å²) in [5, 5.41) is 0. The maximum atomic E-state index is 5.02. The Labute approximate surface area is 260 Å². The van der Waals surface area contributed by atoms with Crippen LogP contribution in [0.25, 0.3) is 12.2 Å². The molecule has 0 radical (unpaired) electrons. The molecule has 4 aromatic rings. The summed E-state index contributed by atoms with van der Waals surface area (Å²) in [6.07, 6.45) is 8.95. The number of rotatable bonds is 10. The Bertz CT molecular complexity index is 1410. The number of aliphatic imine (C=N–C) groups is 2. The van der Waals surface area contributed by atoms with Gasteiger partial charge in [-0.15, -0.1) is 0 Å². The van der Waals surface area contributed by atoms with Gasteiger partial charge in [0.15, 0.2) is 0 Å². The van der Waals surface area contributed by atoms with Crippen LogP contribution in [0.3, 0.4) is 0 Å². The number of nitrogens with zero attached hydrogens (tertiary/aromatic N) is 4. The van der Waals surface area contributed by atoms with Crippen LogP contribution in [0.5, 0.6) is 0 Å². The van der Waals surface area contributed by atoms with E-state index in [9.17, 15) is 0 Å². The van der Waals surface area contributed by atoms with Gasteiger partial charge in [-0.25, -0.2) is 0 Å². The highest BCUT2D eigenvalue weighted by atomic mass is 79.9. The minimum atomic E-state index is 0.560. The van der Waals surface area contributed by atoms with Gasteiger partial charge in [0.1, 0.15) is 0 Å². The van der Waals surface area contributed by atoms with E-state index in [-0.39, 0.29) is 0 Å². The first-order chi connectivity index (χ1) is 19.7. The Morgan fingerprint density at radius 1 is 0.537 bits per heavy atom. The van der Waals surface area contributed by atoms with E-state index in [4.69, 9.17) is 9.98 Å². The molecule has 41 heavy (non-hydrogen) atoms. The average molecular weight is 670 g/mol. The standard InChI is InChI=1S/C35H34Br2N4/c1-40(2)34-21-7-26(8-22-34)5-15-32(38-30-17-11-28(36)12-18-30)25-33(39-31-19-13-29(37)14-20-31)16-6-27-9-23-35(24-10-27)41(3)4/h5-24H,25H2,1-4H3. The van der Waals surface area contributed by atoms with Crippen LogP contribution in [-0.2, 0) is 0 Å². The molecule has 0 aliphatic heterocycles. The van der Waals surface area contributed by atoms with Crippen molar-refractivity contribution in [2.75, 3.05) is 38.0 Å². The monoisotopic (exact) mass is 668 g/mol. The molecule has 0 bridgehead atoms. The maximum Gasteiger partial charge on any atom is 0.0633 e. The highest BCUT2D eigenvalue weighted by Gasteiger charge is 2.05. The molecule has 0 aliphatic carbocycles. The molecule has 4 aromatic carbocycles. The van der Waals surface area contributed by atoms with Crippen molar-refractivity contribution in [2.24, 2.45) is 9.98 Å². The lowest BCUT2D eigenvalue weighted by Crippen LogP contribution is -2.08. The Morgan fingerprint density at radius 3 is 1.20 bits per heavy atom. The number of allylic oxidation sites excluding steroid dienone is 2. The van der Waals surface area contributed by atoms with Crippen molar-refractivity contribution in [2.45, 2.75) is 6.42 Å². The SMILES string of the molecule is CN(C)c1ccc(C=CC(CC(C=Cc2ccc(N(C)C)cc2)=Nc2ccc(Br)cc2)=Nc2ccc(Br)cc2)cc1. The molecule has 0 unspecified atom stereocenters. The zero-order valence-electron chi connectivity index (χ0n) is 23.8. The van der Waals surface area contributed by atoms with Crippen molar-refractivity contribution in [3.05, 3.63) is 129 Å².